The van der Waals surface area contributed by atoms with E-state index in [0.717, 1.165) is 48.0 Å². The van der Waals surface area contributed by atoms with Crippen molar-refractivity contribution >= 4 is 28.1 Å². The van der Waals surface area contributed by atoms with Gasteiger partial charge in [0, 0.05) is 43.4 Å². The molecular formula is C23H25ClN2O2. The van der Waals surface area contributed by atoms with Crippen LogP contribution in [0.4, 0.5) is 5.69 Å². The van der Waals surface area contributed by atoms with Gasteiger partial charge in [-0.3, -0.25) is 4.90 Å². The fourth-order valence-electron chi connectivity index (χ4n) is 3.66. The Morgan fingerprint density at radius 1 is 0.893 bits per heavy atom. The lowest BCUT2D eigenvalue weighted by Crippen LogP contribution is -2.49. The lowest BCUT2D eigenvalue weighted by Gasteiger charge is -2.36. The maximum absolute atomic E-state index is 10.4. The lowest BCUT2D eigenvalue weighted by atomic mass is 10.1. The first kappa shape index (κ1) is 19.1. The van der Waals surface area contributed by atoms with Crippen molar-refractivity contribution in [2.75, 3.05) is 44.2 Å². The Kier molecular flexibility index (Phi) is 6.01. The zero-order valence-corrected chi connectivity index (χ0v) is 16.6. The normalized spacial score (nSPS) is 16.3. The first-order valence-corrected chi connectivity index (χ1v) is 10.1. The highest BCUT2D eigenvalue weighted by atomic mass is 35.5. The van der Waals surface area contributed by atoms with Crippen molar-refractivity contribution in [1.82, 2.24) is 4.90 Å². The van der Waals surface area contributed by atoms with E-state index in [9.17, 15) is 5.11 Å². The molecule has 5 heteroatoms. The van der Waals surface area contributed by atoms with E-state index >= 15 is 0 Å². The van der Waals surface area contributed by atoms with Crippen molar-refractivity contribution in [3.05, 3.63) is 71.8 Å². The van der Waals surface area contributed by atoms with Crippen molar-refractivity contribution in [1.29, 1.82) is 0 Å². The molecule has 3 aromatic carbocycles. The Hall–Kier alpha value is -2.27. The zero-order valence-electron chi connectivity index (χ0n) is 15.8. The fourth-order valence-corrected chi connectivity index (χ4v) is 3.85. The summed E-state index contributed by atoms with van der Waals surface area (Å²) < 4.78 is 5.82. The van der Waals surface area contributed by atoms with Gasteiger partial charge < -0.3 is 14.7 Å². The second kappa shape index (κ2) is 8.82. The number of β-amino-alcohol motifs (C(OH)–C–C–N with tert-alkyl or cyclic N) is 1. The highest BCUT2D eigenvalue weighted by molar-refractivity contribution is 6.30. The van der Waals surface area contributed by atoms with Gasteiger partial charge in [0.25, 0.3) is 0 Å². The molecule has 28 heavy (non-hydrogen) atoms. The van der Waals surface area contributed by atoms with Gasteiger partial charge in [0.2, 0.25) is 0 Å². The van der Waals surface area contributed by atoms with Crippen LogP contribution in [0.25, 0.3) is 10.8 Å². The fraction of sp³-hybridized carbons (Fsp3) is 0.304. The number of rotatable bonds is 6. The molecule has 0 spiro atoms. The molecule has 146 valence electrons. The van der Waals surface area contributed by atoms with Crippen LogP contribution >= 0.6 is 11.6 Å². The molecule has 4 nitrogen and oxygen atoms in total. The standard InChI is InChI=1S/C23H25ClN2O2/c24-20-6-3-7-21(15-20)26-12-10-25(11-13-26)16-22(27)17-28-23-9-8-18-4-1-2-5-19(18)14-23/h1-9,14-15,22,27H,10-13,16-17H2. The van der Waals surface area contributed by atoms with Crippen LogP contribution in [0.2, 0.25) is 5.02 Å². The van der Waals surface area contributed by atoms with Crippen molar-refractivity contribution in [3.63, 3.8) is 0 Å². The SMILES string of the molecule is OC(COc1ccc2ccccc2c1)CN1CCN(c2cccc(Cl)c2)CC1. The van der Waals surface area contributed by atoms with Crippen LogP contribution in [-0.2, 0) is 0 Å². The van der Waals surface area contributed by atoms with Gasteiger partial charge >= 0.3 is 0 Å². The maximum atomic E-state index is 10.4. The number of anilines is 1. The number of hydrogen-bond acceptors (Lipinski definition) is 4. The third-order valence-electron chi connectivity index (χ3n) is 5.18. The Morgan fingerprint density at radius 2 is 1.68 bits per heavy atom. The molecule has 0 saturated carbocycles. The number of fused-ring (bicyclic) bond motifs is 1. The van der Waals surface area contributed by atoms with Gasteiger partial charge in [-0.25, -0.2) is 0 Å². The zero-order chi connectivity index (χ0) is 19.3. The van der Waals surface area contributed by atoms with E-state index in [1.807, 2.05) is 48.5 Å². The monoisotopic (exact) mass is 396 g/mol. The van der Waals surface area contributed by atoms with Crippen LogP contribution in [0.15, 0.2) is 66.7 Å². The van der Waals surface area contributed by atoms with Crippen molar-refractivity contribution < 1.29 is 9.84 Å². The van der Waals surface area contributed by atoms with Crippen LogP contribution < -0.4 is 9.64 Å². The van der Waals surface area contributed by atoms with Gasteiger partial charge in [-0.1, -0.05) is 48.0 Å². The molecule has 1 aliphatic rings. The topological polar surface area (TPSA) is 35.9 Å². The highest BCUT2D eigenvalue weighted by Gasteiger charge is 2.20. The summed E-state index contributed by atoms with van der Waals surface area (Å²) in [5.41, 5.74) is 1.16. The highest BCUT2D eigenvalue weighted by Crippen LogP contribution is 2.22. The Labute approximate surface area is 170 Å². The predicted molar refractivity (Wildman–Crippen MR) is 116 cm³/mol. The van der Waals surface area contributed by atoms with E-state index < -0.39 is 6.10 Å². The van der Waals surface area contributed by atoms with E-state index in [1.165, 1.54) is 5.39 Å². The van der Waals surface area contributed by atoms with Gasteiger partial charge in [-0.2, -0.15) is 0 Å². The van der Waals surface area contributed by atoms with Crippen LogP contribution in [0.3, 0.4) is 0 Å². The second-order valence-corrected chi connectivity index (χ2v) is 7.68. The van der Waals surface area contributed by atoms with Crippen molar-refractivity contribution in [2.45, 2.75) is 6.10 Å². The summed E-state index contributed by atoms with van der Waals surface area (Å²) in [5.74, 6) is 0.795. The Morgan fingerprint density at radius 3 is 2.46 bits per heavy atom. The smallest absolute Gasteiger partial charge is 0.120 e. The van der Waals surface area contributed by atoms with Crippen LogP contribution in [-0.4, -0.2) is 55.4 Å². The molecule has 1 unspecified atom stereocenters. The van der Waals surface area contributed by atoms with Crippen molar-refractivity contribution in [3.8, 4) is 5.75 Å². The second-order valence-electron chi connectivity index (χ2n) is 7.24. The number of halogens is 1. The minimum atomic E-state index is -0.510. The quantitative estimate of drug-likeness (QED) is 0.681. The molecule has 1 saturated heterocycles. The average Bonchev–Trinajstić information content (AvgIpc) is 2.73. The number of aliphatic hydroxyl groups is 1. The molecule has 1 heterocycles. The Bertz CT molecular complexity index is 925. The lowest BCUT2D eigenvalue weighted by molar-refractivity contribution is 0.0663. The molecule has 1 N–H and O–H groups in total. The van der Waals surface area contributed by atoms with E-state index in [1.54, 1.807) is 0 Å². The third kappa shape index (κ3) is 4.76. The third-order valence-corrected chi connectivity index (χ3v) is 5.41. The number of aliphatic hydroxyl groups excluding tert-OH is 1. The molecular weight excluding hydrogens is 372 g/mol. The summed E-state index contributed by atoms with van der Waals surface area (Å²) in [6.45, 7) is 4.61. The molecule has 0 bridgehead atoms. The summed E-state index contributed by atoms with van der Waals surface area (Å²) in [5, 5.41) is 13.5. The summed E-state index contributed by atoms with van der Waals surface area (Å²) in [7, 11) is 0. The van der Waals surface area contributed by atoms with Gasteiger partial charge in [0.05, 0.1) is 0 Å². The molecule has 0 radical (unpaired) electrons. The summed E-state index contributed by atoms with van der Waals surface area (Å²) >= 11 is 6.09. The van der Waals surface area contributed by atoms with E-state index in [0.29, 0.717) is 13.2 Å². The van der Waals surface area contributed by atoms with Crippen LogP contribution in [0, 0.1) is 0 Å². The number of piperazine rings is 1. The summed E-state index contributed by atoms with van der Waals surface area (Å²) in [6, 6.07) is 22.2. The minimum Gasteiger partial charge on any atom is -0.491 e. The first-order valence-electron chi connectivity index (χ1n) is 9.70. The molecule has 1 aliphatic heterocycles. The predicted octanol–water partition coefficient (Wildman–Crippen LogP) is 4.06. The molecule has 1 fully saturated rings. The summed E-state index contributed by atoms with van der Waals surface area (Å²) in [4.78, 5) is 4.62. The minimum absolute atomic E-state index is 0.298. The molecule has 1 atom stereocenters. The van der Waals surface area contributed by atoms with Gasteiger partial charge in [0.1, 0.15) is 18.5 Å². The van der Waals surface area contributed by atoms with Gasteiger partial charge in [-0.05, 0) is 41.1 Å². The molecule has 0 aliphatic carbocycles. The number of ether oxygens (including phenoxy) is 1. The van der Waals surface area contributed by atoms with Crippen LogP contribution in [0.1, 0.15) is 0 Å². The molecule has 3 aromatic rings. The molecule has 0 amide bonds. The maximum Gasteiger partial charge on any atom is 0.120 e. The first-order chi connectivity index (χ1) is 13.7. The van der Waals surface area contributed by atoms with Crippen LogP contribution in [0.5, 0.6) is 5.75 Å². The van der Waals surface area contributed by atoms with E-state index in [4.69, 9.17) is 16.3 Å². The van der Waals surface area contributed by atoms with Gasteiger partial charge in [0.15, 0.2) is 0 Å². The Balaban J connectivity index is 1.24. The van der Waals surface area contributed by atoms with Crippen molar-refractivity contribution in [2.24, 2.45) is 0 Å². The molecule has 0 aromatic heterocycles. The van der Waals surface area contributed by atoms with E-state index in [2.05, 4.69) is 28.0 Å². The average molecular weight is 397 g/mol. The largest absolute Gasteiger partial charge is 0.491 e. The number of nitrogens with zero attached hydrogens (tertiary/aromatic N) is 2. The number of hydrogen-bond donors (Lipinski definition) is 1. The number of benzene rings is 3. The van der Waals surface area contributed by atoms with E-state index in [-0.39, 0.29) is 0 Å². The molecule has 4 rings (SSSR count). The summed E-state index contributed by atoms with van der Waals surface area (Å²) in [6.07, 6.45) is -0.510. The van der Waals surface area contributed by atoms with Gasteiger partial charge in [-0.15, -0.1) is 0 Å².